The van der Waals surface area contributed by atoms with Crippen LogP contribution in [0.3, 0.4) is 0 Å². The van der Waals surface area contributed by atoms with E-state index in [1.165, 1.54) is 5.75 Å². The quantitative estimate of drug-likeness (QED) is 0.659. The molecule has 72 valence electrons. The summed E-state index contributed by atoms with van der Waals surface area (Å²) in [6, 6.07) is 0. The van der Waals surface area contributed by atoms with Crippen LogP contribution in [-0.4, -0.2) is 28.0 Å². The fourth-order valence-electron chi connectivity index (χ4n) is 1.99. The number of rotatable bonds is 3. The molecule has 1 rings (SSSR count). The zero-order chi connectivity index (χ0) is 9.14. The number of thioether (sulfide) groups is 1. The number of aliphatic hydroxyl groups is 2. The summed E-state index contributed by atoms with van der Waals surface area (Å²) in [6.07, 6.45) is 0.0131. The monoisotopic (exact) mass is 190 g/mol. The average Bonchev–Trinajstić information content (AvgIpc) is 2.37. The van der Waals surface area contributed by atoms with E-state index in [4.69, 9.17) is 0 Å². The lowest BCUT2D eigenvalue weighted by Crippen LogP contribution is -2.32. The molecule has 12 heavy (non-hydrogen) atoms. The van der Waals surface area contributed by atoms with Gasteiger partial charge in [0.25, 0.3) is 0 Å². The van der Waals surface area contributed by atoms with E-state index >= 15 is 0 Å². The van der Waals surface area contributed by atoms with Crippen molar-refractivity contribution in [1.29, 1.82) is 0 Å². The van der Waals surface area contributed by atoms with Crippen molar-refractivity contribution in [3.63, 3.8) is 0 Å². The molecule has 2 N–H and O–H groups in total. The summed E-state index contributed by atoms with van der Waals surface area (Å²) in [4.78, 5) is 0. The maximum atomic E-state index is 9.19. The van der Waals surface area contributed by atoms with Gasteiger partial charge in [-0.1, -0.05) is 13.8 Å². The van der Waals surface area contributed by atoms with E-state index in [1.54, 1.807) is 0 Å². The van der Waals surface area contributed by atoms with E-state index in [1.807, 2.05) is 11.8 Å². The molecule has 1 fully saturated rings. The molecule has 2 nitrogen and oxygen atoms in total. The Morgan fingerprint density at radius 3 is 2.33 bits per heavy atom. The van der Waals surface area contributed by atoms with Crippen molar-refractivity contribution < 1.29 is 10.2 Å². The zero-order valence-electron chi connectivity index (χ0n) is 7.73. The second kappa shape index (κ2) is 4.49. The first-order chi connectivity index (χ1) is 5.63. The van der Waals surface area contributed by atoms with Gasteiger partial charge in [0, 0.05) is 5.92 Å². The number of hydrogen-bond donors (Lipinski definition) is 2. The summed E-state index contributed by atoms with van der Waals surface area (Å²) < 4.78 is 0. The van der Waals surface area contributed by atoms with Crippen LogP contribution in [0.4, 0.5) is 0 Å². The highest BCUT2D eigenvalue weighted by atomic mass is 32.2. The van der Waals surface area contributed by atoms with Gasteiger partial charge >= 0.3 is 0 Å². The molecule has 0 radical (unpaired) electrons. The largest absolute Gasteiger partial charge is 0.368 e. The first-order valence-corrected chi connectivity index (χ1v) is 5.72. The van der Waals surface area contributed by atoms with Crippen molar-refractivity contribution in [3.05, 3.63) is 0 Å². The number of hydrogen-bond acceptors (Lipinski definition) is 3. The van der Waals surface area contributed by atoms with Gasteiger partial charge in [-0.15, -0.1) is 0 Å². The minimum atomic E-state index is -1.13. The van der Waals surface area contributed by atoms with E-state index in [2.05, 4.69) is 13.8 Å². The van der Waals surface area contributed by atoms with Crippen LogP contribution in [0.5, 0.6) is 0 Å². The molecule has 0 spiro atoms. The van der Waals surface area contributed by atoms with Gasteiger partial charge in [-0.25, -0.2) is 0 Å². The van der Waals surface area contributed by atoms with Gasteiger partial charge in [0.1, 0.15) is 0 Å². The third-order valence-corrected chi connectivity index (χ3v) is 3.81. The van der Waals surface area contributed by atoms with Crippen LogP contribution >= 0.6 is 11.8 Å². The van der Waals surface area contributed by atoms with Crippen LogP contribution < -0.4 is 0 Å². The van der Waals surface area contributed by atoms with Crippen LogP contribution in [0.2, 0.25) is 0 Å². The van der Waals surface area contributed by atoms with Gasteiger partial charge in [-0.3, -0.25) is 0 Å². The highest BCUT2D eigenvalue weighted by Crippen LogP contribution is 2.34. The van der Waals surface area contributed by atoms with Crippen LogP contribution in [0, 0.1) is 17.8 Å². The molecule has 0 aliphatic carbocycles. The summed E-state index contributed by atoms with van der Waals surface area (Å²) in [5.41, 5.74) is 0. The van der Waals surface area contributed by atoms with Crippen molar-refractivity contribution in [2.45, 2.75) is 26.6 Å². The Morgan fingerprint density at radius 2 is 2.00 bits per heavy atom. The topological polar surface area (TPSA) is 40.5 Å². The normalized spacial score (nSPS) is 27.0. The first-order valence-electron chi connectivity index (χ1n) is 4.56. The minimum absolute atomic E-state index is 0.0694. The molecule has 1 saturated heterocycles. The summed E-state index contributed by atoms with van der Waals surface area (Å²) in [5, 5.41) is 18.4. The predicted octanol–water partition coefficient (Wildman–Crippen LogP) is 1.32. The zero-order valence-corrected chi connectivity index (χ0v) is 8.55. The van der Waals surface area contributed by atoms with Gasteiger partial charge in [0.2, 0.25) is 0 Å². The van der Waals surface area contributed by atoms with E-state index in [-0.39, 0.29) is 5.92 Å². The summed E-state index contributed by atoms with van der Waals surface area (Å²) in [7, 11) is 0. The highest BCUT2D eigenvalue weighted by Gasteiger charge is 2.31. The van der Waals surface area contributed by atoms with Crippen molar-refractivity contribution in [2.75, 3.05) is 11.5 Å². The molecule has 1 aliphatic rings. The lowest BCUT2D eigenvalue weighted by Gasteiger charge is -2.27. The van der Waals surface area contributed by atoms with E-state index in [9.17, 15) is 10.2 Å². The molecule has 0 aromatic carbocycles. The van der Waals surface area contributed by atoms with Crippen LogP contribution in [0.1, 0.15) is 20.3 Å². The Labute approximate surface area is 78.4 Å². The van der Waals surface area contributed by atoms with Crippen LogP contribution in [0.15, 0.2) is 0 Å². The molecular formula is C9H18O2S. The second-order valence-corrected chi connectivity index (χ2v) is 5.01. The van der Waals surface area contributed by atoms with Gasteiger partial charge in [0.15, 0.2) is 6.29 Å². The molecule has 0 bridgehead atoms. The van der Waals surface area contributed by atoms with E-state index in [0.717, 1.165) is 12.2 Å². The molecule has 0 saturated carbocycles. The smallest absolute Gasteiger partial charge is 0.154 e. The first kappa shape index (κ1) is 10.4. The van der Waals surface area contributed by atoms with Gasteiger partial charge < -0.3 is 10.2 Å². The fraction of sp³-hybridized carbons (Fsp3) is 1.00. The fourth-order valence-corrected chi connectivity index (χ4v) is 3.32. The molecule has 0 aromatic heterocycles. The summed E-state index contributed by atoms with van der Waals surface area (Å²) >= 11 is 1.92. The minimum Gasteiger partial charge on any atom is -0.368 e. The Morgan fingerprint density at radius 1 is 1.33 bits per heavy atom. The average molecular weight is 190 g/mol. The maximum absolute atomic E-state index is 9.19. The molecule has 0 amide bonds. The second-order valence-electron chi connectivity index (χ2n) is 3.86. The van der Waals surface area contributed by atoms with Crippen molar-refractivity contribution >= 4 is 11.8 Å². The predicted molar refractivity (Wildman–Crippen MR) is 52.0 cm³/mol. The Bertz CT molecular complexity index is 122. The molecule has 2 unspecified atom stereocenters. The molecular weight excluding hydrogens is 172 g/mol. The third kappa shape index (κ3) is 2.38. The summed E-state index contributed by atoms with van der Waals surface area (Å²) in [5.74, 6) is 3.23. The maximum Gasteiger partial charge on any atom is 0.154 e. The standard InChI is InChI=1S/C9H18O2S/c1-6(2)8(9(10)11)7-3-4-12-5-7/h6-11H,3-5H2,1-2H3. The van der Waals surface area contributed by atoms with Crippen LogP contribution in [-0.2, 0) is 0 Å². The lowest BCUT2D eigenvalue weighted by molar-refractivity contribution is -0.111. The van der Waals surface area contributed by atoms with E-state index in [0.29, 0.717) is 11.8 Å². The van der Waals surface area contributed by atoms with Gasteiger partial charge in [0.05, 0.1) is 0 Å². The highest BCUT2D eigenvalue weighted by molar-refractivity contribution is 7.99. The molecule has 2 atom stereocenters. The van der Waals surface area contributed by atoms with Gasteiger partial charge in [-0.05, 0) is 29.8 Å². The van der Waals surface area contributed by atoms with Crippen molar-refractivity contribution in [3.8, 4) is 0 Å². The summed E-state index contributed by atoms with van der Waals surface area (Å²) in [6.45, 7) is 4.13. The van der Waals surface area contributed by atoms with Gasteiger partial charge in [-0.2, -0.15) is 11.8 Å². The lowest BCUT2D eigenvalue weighted by atomic mass is 9.82. The van der Waals surface area contributed by atoms with E-state index < -0.39 is 6.29 Å². The van der Waals surface area contributed by atoms with Crippen molar-refractivity contribution in [1.82, 2.24) is 0 Å². The third-order valence-electron chi connectivity index (χ3n) is 2.62. The molecule has 0 aromatic rings. The van der Waals surface area contributed by atoms with Crippen molar-refractivity contribution in [2.24, 2.45) is 17.8 Å². The number of aliphatic hydroxyl groups excluding tert-OH is 1. The molecule has 1 heterocycles. The Kier molecular flexibility index (Phi) is 3.87. The molecule has 3 heteroatoms. The Hall–Kier alpha value is 0.270. The van der Waals surface area contributed by atoms with Crippen LogP contribution in [0.25, 0.3) is 0 Å². The SMILES string of the molecule is CC(C)C(C(O)O)C1CCSC1. The molecule has 1 aliphatic heterocycles. The Balaban J connectivity index is 2.52.